The molecule has 1 heterocycles. The molecule has 1 aromatic carbocycles. The van der Waals surface area contributed by atoms with E-state index in [2.05, 4.69) is 20.8 Å². The normalized spacial score (nSPS) is 26.4. The summed E-state index contributed by atoms with van der Waals surface area (Å²) in [4.78, 5) is 13.2. The average molecular weight is 339 g/mol. The highest BCUT2D eigenvalue weighted by atomic mass is 79.9. The Morgan fingerprint density at radius 3 is 2.90 bits per heavy atom. The lowest BCUT2D eigenvalue weighted by Gasteiger charge is -2.31. The average Bonchev–Trinajstić information content (AvgIpc) is 2.84. The molecule has 1 aromatic rings. The molecule has 5 heteroatoms. The number of likely N-dealkylation sites (tertiary alicyclic amines) is 1. The van der Waals surface area contributed by atoms with Crippen LogP contribution < -0.4 is 0 Å². The molecule has 2 atom stereocenters. The molecule has 108 valence electrons. The van der Waals surface area contributed by atoms with Gasteiger partial charge in [-0.15, -0.1) is 0 Å². The van der Waals surface area contributed by atoms with E-state index < -0.39 is 0 Å². The zero-order chi connectivity index (χ0) is 14.1. The van der Waals surface area contributed by atoms with Crippen LogP contribution in [0.1, 0.15) is 37.7 Å². The molecule has 1 saturated heterocycles. The predicted octanol–water partition coefficient (Wildman–Crippen LogP) is 4.12. The van der Waals surface area contributed by atoms with Crippen molar-refractivity contribution in [2.75, 3.05) is 6.54 Å². The molecule has 2 aliphatic rings. The van der Waals surface area contributed by atoms with Crippen LogP contribution in [0.15, 0.2) is 22.7 Å². The van der Waals surface area contributed by atoms with Gasteiger partial charge in [-0.2, -0.15) is 0 Å². The summed E-state index contributed by atoms with van der Waals surface area (Å²) in [6.07, 6.45) is 6.63. The van der Waals surface area contributed by atoms with Crippen LogP contribution in [0.2, 0.25) is 0 Å². The lowest BCUT2D eigenvalue weighted by atomic mass is 9.85. The fraction of sp³-hybridized carbons (Fsp3) is 0.600. The number of hydrogen-bond donors (Lipinski definition) is 0. The van der Waals surface area contributed by atoms with Gasteiger partial charge < -0.3 is 0 Å². The van der Waals surface area contributed by atoms with E-state index in [1.54, 1.807) is 12.1 Å². The third kappa shape index (κ3) is 2.61. The predicted molar refractivity (Wildman–Crippen MR) is 81.6 cm³/mol. The molecule has 3 rings (SSSR count). The third-order valence-corrected chi connectivity index (χ3v) is 5.67. The van der Waals surface area contributed by atoms with Crippen LogP contribution in [0.5, 0.6) is 0 Å². The number of rotatable bonds is 3. The van der Waals surface area contributed by atoms with E-state index in [4.69, 9.17) is 0 Å². The van der Waals surface area contributed by atoms with Crippen LogP contribution in [0.3, 0.4) is 0 Å². The van der Waals surface area contributed by atoms with E-state index >= 15 is 0 Å². The molecule has 1 aliphatic carbocycles. The molecule has 0 radical (unpaired) electrons. The van der Waals surface area contributed by atoms with Crippen LogP contribution in [0.25, 0.3) is 0 Å². The van der Waals surface area contributed by atoms with Gasteiger partial charge >= 0.3 is 0 Å². The Hall–Kier alpha value is -0.940. The van der Waals surface area contributed by atoms with E-state index in [0.717, 1.165) is 24.6 Å². The second-order valence-corrected chi connectivity index (χ2v) is 6.67. The Labute approximate surface area is 127 Å². The fourth-order valence-corrected chi connectivity index (χ4v) is 4.28. The smallest absolute Gasteiger partial charge is 0.283 e. The number of halogens is 1. The molecule has 0 spiro atoms. The summed E-state index contributed by atoms with van der Waals surface area (Å²) in [5, 5.41) is 11.0. The molecule has 1 saturated carbocycles. The first kappa shape index (κ1) is 14.0. The maximum Gasteiger partial charge on any atom is 0.283 e. The van der Waals surface area contributed by atoms with Gasteiger partial charge in [0.05, 0.1) is 9.40 Å². The van der Waals surface area contributed by atoms with Crippen LogP contribution in [0, 0.1) is 16.0 Å². The van der Waals surface area contributed by atoms with Crippen molar-refractivity contribution in [2.45, 2.75) is 44.7 Å². The largest absolute Gasteiger partial charge is 0.296 e. The Morgan fingerprint density at radius 2 is 2.10 bits per heavy atom. The van der Waals surface area contributed by atoms with E-state index in [1.165, 1.54) is 32.1 Å². The van der Waals surface area contributed by atoms with Crippen molar-refractivity contribution in [1.82, 2.24) is 4.90 Å². The van der Waals surface area contributed by atoms with Gasteiger partial charge in [-0.3, -0.25) is 15.0 Å². The molecule has 2 fully saturated rings. The summed E-state index contributed by atoms with van der Waals surface area (Å²) in [6.45, 7) is 1.95. The minimum Gasteiger partial charge on any atom is -0.296 e. The number of nitro benzene ring substituents is 1. The highest BCUT2D eigenvalue weighted by Gasteiger charge is 2.35. The SMILES string of the molecule is O=[N+]([O-])c1cccc(CN2CCC3CCCCC32)c1Br. The Bertz CT molecular complexity index is 521. The van der Waals surface area contributed by atoms with Gasteiger partial charge in [0.2, 0.25) is 0 Å². The lowest BCUT2D eigenvalue weighted by Crippen LogP contribution is -2.34. The summed E-state index contributed by atoms with van der Waals surface area (Å²) < 4.78 is 0.643. The van der Waals surface area contributed by atoms with Gasteiger partial charge in [-0.05, 0) is 53.2 Å². The topological polar surface area (TPSA) is 46.4 Å². The zero-order valence-corrected chi connectivity index (χ0v) is 13.0. The zero-order valence-electron chi connectivity index (χ0n) is 11.4. The molecular formula is C15H19BrN2O2. The van der Waals surface area contributed by atoms with Gasteiger partial charge in [0.1, 0.15) is 0 Å². The lowest BCUT2D eigenvalue weighted by molar-refractivity contribution is -0.385. The van der Waals surface area contributed by atoms with Crippen molar-refractivity contribution in [2.24, 2.45) is 5.92 Å². The van der Waals surface area contributed by atoms with Crippen molar-refractivity contribution >= 4 is 21.6 Å². The summed E-state index contributed by atoms with van der Waals surface area (Å²) in [7, 11) is 0. The molecular weight excluding hydrogens is 320 g/mol. The van der Waals surface area contributed by atoms with Gasteiger partial charge in [0.25, 0.3) is 5.69 Å². The van der Waals surface area contributed by atoms with Crippen molar-refractivity contribution < 1.29 is 4.92 Å². The molecule has 4 nitrogen and oxygen atoms in total. The van der Waals surface area contributed by atoms with Crippen molar-refractivity contribution in [3.63, 3.8) is 0 Å². The third-order valence-electron chi connectivity index (χ3n) is 4.75. The summed E-state index contributed by atoms with van der Waals surface area (Å²) in [5.41, 5.74) is 1.20. The monoisotopic (exact) mass is 338 g/mol. The minimum atomic E-state index is -0.318. The maximum atomic E-state index is 11.0. The molecule has 1 aliphatic heterocycles. The quantitative estimate of drug-likeness (QED) is 0.615. The summed E-state index contributed by atoms with van der Waals surface area (Å²) in [6, 6.07) is 6.02. The minimum absolute atomic E-state index is 0.168. The maximum absolute atomic E-state index is 11.0. The molecule has 0 aromatic heterocycles. The van der Waals surface area contributed by atoms with Gasteiger partial charge in [-0.25, -0.2) is 0 Å². The van der Waals surface area contributed by atoms with Crippen LogP contribution >= 0.6 is 15.9 Å². The Balaban J connectivity index is 1.78. The standard InChI is InChI=1S/C15H19BrN2O2/c16-15-12(5-3-7-14(15)18(19)20)10-17-9-8-11-4-1-2-6-13(11)17/h3,5,7,11,13H,1-2,4,6,8-10H2. The Morgan fingerprint density at radius 1 is 1.30 bits per heavy atom. The first-order valence-electron chi connectivity index (χ1n) is 7.32. The fourth-order valence-electron chi connectivity index (χ4n) is 3.75. The Kier molecular flexibility index (Phi) is 4.08. The second-order valence-electron chi connectivity index (χ2n) is 5.88. The van der Waals surface area contributed by atoms with Crippen molar-refractivity contribution in [3.8, 4) is 0 Å². The van der Waals surface area contributed by atoms with Crippen molar-refractivity contribution in [3.05, 3.63) is 38.3 Å². The van der Waals surface area contributed by atoms with Crippen LogP contribution in [-0.2, 0) is 6.54 Å². The second kappa shape index (κ2) is 5.82. The highest BCUT2D eigenvalue weighted by molar-refractivity contribution is 9.10. The molecule has 0 bridgehead atoms. The first-order valence-corrected chi connectivity index (χ1v) is 8.12. The number of hydrogen-bond acceptors (Lipinski definition) is 3. The number of nitro groups is 1. The van der Waals surface area contributed by atoms with Gasteiger partial charge in [-0.1, -0.05) is 25.0 Å². The van der Waals surface area contributed by atoms with E-state index in [0.29, 0.717) is 10.5 Å². The molecule has 2 unspecified atom stereocenters. The number of fused-ring (bicyclic) bond motifs is 1. The summed E-state index contributed by atoms with van der Waals surface area (Å²) >= 11 is 3.41. The summed E-state index contributed by atoms with van der Waals surface area (Å²) in [5.74, 6) is 0.848. The number of nitrogens with zero attached hydrogens (tertiary/aromatic N) is 2. The first-order chi connectivity index (χ1) is 9.66. The molecule has 20 heavy (non-hydrogen) atoms. The highest BCUT2D eigenvalue weighted by Crippen LogP contribution is 2.38. The van der Waals surface area contributed by atoms with E-state index in [1.807, 2.05) is 6.07 Å². The van der Waals surface area contributed by atoms with Gasteiger partial charge in [0.15, 0.2) is 0 Å². The van der Waals surface area contributed by atoms with Gasteiger partial charge in [0, 0.05) is 18.7 Å². The number of benzene rings is 1. The molecule has 0 amide bonds. The van der Waals surface area contributed by atoms with E-state index in [-0.39, 0.29) is 10.6 Å². The van der Waals surface area contributed by atoms with Crippen LogP contribution in [0.4, 0.5) is 5.69 Å². The molecule has 0 N–H and O–H groups in total. The van der Waals surface area contributed by atoms with Crippen LogP contribution in [-0.4, -0.2) is 22.4 Å². The van der Waals surface area contributed by atoms with E-state index in [9.17, 15) is 10.1 Å². The van der Waals surface area contributed by atoms with Crippen molar-refractivity contribution in [1.29, 1.82) is 0 Å².